The van der Waals surface area contributed by atoms with E-state index >= 15 is 0 Å². The van der Waals surface area contributed by atoms with Crippen molar-refractivity contribution in [2.75, 3.05) is 4.90 Å². The number of aromatic nitrogens is 1. The third-order valence-corrected chi connectivity index (χ3v) is 10.1. The van der Waals surface area contributed by atoms with Gasteiger partial charge in [0.2, 0.25) is 0 Å². The Morgan fingerprint density at radius 1 is 0.340 bits per heavy atom. The van der Waals surface area contributed by atoms with Crippen LogP contribution >= 0.6 is 0 Å². The van der Waals surface area contributed by atoms with E-state index in [9.17, 15) is 0 Å². The summed E-state index contributed by atoms with van der Waals surface area (Å²) in [7, 11) is 0. The lowest BCUT2D eigenvalue weighted by molar-refractivity contribution is 1.18. The Bertz CT molecular complexity index is 2870. The minimum absolute atomic E-state index is 1.11. The predicted octanol–water partition coefficient (Wildman–Crippen LogP) is 13.4. The van der Waals surface area contributed by atoms with Crippen molar-refractivity contribution in [3.05, 3.63) is 194 Å². The standard InChI is InChI=1S/C48H32N2/c1-3-17-38(18-4-1)49(41-27-28-43-37(30-41)26-25-33-13-9-10-22-42(33)43)40-21-11-16-36(29-40)44-23-12-24-46-48(44)45-31-34-14-7-8-15-35(34)32-47(45)50(46)39-19-5-2-6-20-39/h1-32H. The lowest BCUT2D eigenvalue weighted by Gasteiger charge is -2.26. The second-order valence-corrected chi connectivity index (χ2v) is 13.0. The molecule has 0 aliphatic heterocycles. The Labute approximate surface area is 290 Å². The lowest BCUT2D eigenvalue weighted by Crippen LogP contribution is -2.09. The van der Waals surface area contributed by atoms with Gasteiger partial charge in [0, 0.05) is 33.5 Å². The number of benzene rings is 9. The Morgan fingerprint density at radius 3 is 1.82 bits per heavy atom. The van der Waals surface area contributed by atoms with Gasteiger partial charge in [0.05, 0.1) is 11.0 Å². The molecule has 0 radical (unpaired) electrons. The van der Waals surface area contributed by atoms with Crippen LogP contribution in [0, 0.1) is 0 Å². The summed E-state index contributed by atoms with van der Waals surface area (Å²) >= 11 is 0. The zero-order chi connectivity index (χ0) is 33.0. The van der Waals surface area contributed by atoms with Crippen LogP contribution < -0.4 is 4.90 Å². The van der Waals surface area contributed by atoms with Crippen LogP contribution in [-0.2, 0) is 0 Å². The number of anilines is 3. The molecule has 0 unspecified atom stereocenters. The van der Waals surface area contributed by atoms with E-state index in [1.54, 1.807) is 0 Å². The molecular weight excluding hydrogens is 605 g/mol. The minimum Gasteiger partial charge on any atom is -0.310 e. The summed E-state index contributed by atoms with van der Waals surface area (Å²) in [5, 5.41) is 10.0. The zero-order valence-corrected chi connectivity index (χ0v) is 27.4. The SMILES string of the molecule is c1ccc(N(c2cccc(-c3cccc4c3c3cc5ccccc5cc3n4-c3ccccc3)c2)c2ccc3c(ccc4ccccc43)c2)cc1. The summed E-state index contributed by atoms with van der Waals surface area (Å²) in [5.41, 5.74) is 9.33. The molecule has 0 amide bonds. The molecule has 0 atom stereocenters. The van der Waals surface area contributed by atoms with Gasteiger partial charge >= 0.3 is 0 Å². The molecule has 9 aromatic carbocycles. The quantitative estimate of drug-likeness (QED) is 0.171. The van der Waals surface area contributed by atoms with Gasteiger partial charge in [-0.25, -0.2) is 0 Å². The second kappa shape index (κ2) is 11.5. The molecule has 10 rings (SSSR count). The highest BCUT2D eigenvalue weighted by Gasteiger charge is 2.19. The lowest BCUT2D eigenvalue weighted by atomic mass is 9.97. The highest BCUT2D eigenvalue weighted by molar-refractivity contribution is 6.19. The summed E-state index contributed by atoms with van der Waals surface area (Å²) in [6.45, 7) is 0. The van der Waals surface area contributed by atoms with E-state index in [-0.39, 0.29) is 0 Å². The molecular formula is C48H32N2. The highest BCUT2D eigenvalue weighted by atomic mass is 15.1. The fourth-order valence-electron chi connectivity index (χ4n) is 7.82. The molecule has 0 aliphatic carbocycles. The Balaban J connectivity index is 1.19. The molecule has 234 valence electrons. The first-order chi connectivity index (χ1) is 24.8. The maximum Gasteiger partial charge on any atom is 0.0547 e. The van der Waals surface area contributed by atoms with E-state index in [1.807, 2.05) is 0 Å². The second-order valence-electron chi connectivity index (χ2n) is 13.0. The van der Waals surface area contributed by atoms with E-state index in [1.165, 1.54) is 65.3 Å². The third-order valence-electron chi connectivity index (χ3n) is 10.1. The maximum absolute atomic E-state index is 2.42. The number of fused-ring (bicyclic) bond motifs is 7. The van der Waals surface area contributed by atoms with Gasteiger partial charge in [-0.05, 0) is 110 Å². The van der Waals surface area contributed by atoms with Crippen LogP contribution in [0.2, 0.25) is 0 Å². The van der Waals surface area contributed by atoms with Crippen LogP contribution in [0.3, 0.4) is 0 Å². The van der Waals surface area contributed by atoms with E-state index in [2.05, 4.69) is 204 Å². The van der Waals surface area contributed by atoms with Gasteiger partial charge in [-0.1, -0.05) is 127 Å². The number of hydrogen-bond acceptors (Lipinski definition) is 1. The Kier molecular flexibility index (Phi) is 6.53. The first kappa shape index (κ1) is 28.4. The van der Waals surface area contributed by atoms with Crippen molar-refractivity contribution >= 4 is 71.2 Å². The van der Waals surface area contributed by atoms with E-state index in [0.29, 0.717) is 0 Å². The molecule has 2 heteroatoms. The predicted molar refractivity (Wildman–Crippen MR) is 213 cm³/mol. The average molecular weight is 637 g/mol. The largest absolute Gasteiger partial charge is 0.310 e. The molecule has 0 spiro atoms. The van der Waals surface area contributed by atoms with Crippen LogP contribution in [0.5, 0.6) is 0 Å². The molecule has 0 bridgehead atoms. The topological polar surface area (TPSA) is 8.17 Å². The van der Waals surface area contributed by atoms with Crippen LogP contribution in [0.25, 0.3) is 70.9 Å². The van der Waals surface area contributed by atoms with Gasteiger partial charge in [-0.3, -0.25) is 0 Å². The smallest absolute Gasteiger partial charge is 0.0547 e. The number of para-hydroxylation sites is 2. The zero-order valence-electron chi connectivity index (χ0n) is 27.4. The van der Waals surface area contributed by atoms with Crippen molar-refractivity contribution in [2.45, 2.75) is 0 Å². The number of hydrogen-bond donors (Lipinski definition) is 0. The summed E-state index contributed by atoms with van der Waals surface area (Å²) in [4.78, 5) is 2.37. The first-order valence-electron chi connectivity index (χ1n) is 17.2. The van der Waals surface area contributed by atoms with Crippen LogP contribution in [0.1, 0.15) is 0 Å². The summed E-state index contributed by atoms with van der Waals surface area (Å²) in [5.74, 6) is 0. The maximum atomic E-state index is 2.42. The van der Waals surface area contributed by atoms with Crippen molar-refractivity contribution < 1.29 is 0 Å². The van der Waals surface area contributed by atoms with Gasteiger partial charge in [0.25, 0.3) is 0 Å². The molecule has 0 N–H and O–H groups in total. The molecule has 0 saturated carbocycles. The molecule has 0 fully saturated rings. The van der Waals surface area contributed by atoms with Crippen molar-refractivity contribution in [2.24, 2.45) is 0 Å². The number of nitrogens with zero attached hydrogens (tertiary/aromatic N) is 2. The molecule has 0 aliphatic rings. The van der Waals surface area contributed by atoms with E-state index in [4.69, 9.17) is 0 Å². The summed E-state index contributed by atoms with van der Waals surface area (Å²) in [6.07, 6.45) is 0. The van der Waals surface area contributed by atoms with Gasteiger partial charge in [0.1, 0.15) is 0 Å². The van der Waals surface area contributed by atoms with Crippen LogP contribution in [0.4, 0.5) is 17.1 Å². The molecule has 1 aromatic heterocycles. The fourth-order valence-corrected chi connectivity index (χ4v) is 7.82. The van der Waals surface area contributed by atoms with Gasteiger partial charge < -0.3 is 9.47 Å². The van der Waals surface area contributed by atoms with E-state index in [0.717, 1.165) is 22.7 Å². The van der Waals surface area contributed by atoms with Gasteiger partial charge in [-0.2, -0.15) is 0 Å². The first-order valence-corrected chi connectivity index (χ1v) is 17.2. The Morgan fingerprint density at radius 2 is 0.980 bits per heavy atom. The summed E-state index contributed by atoms with van der Waals surface area (Å²) < 4.78 is 2.42. The van der Waals surface area contributed by atoms with Gasteiger partial charge in [0.15, 0.2) is 0 Å². The molecule has 10 aromatic rings. The molecule has 2 nitrogen and oxygen atoms in total. The molecule has 1 heterocycles. The van der Waals surface area contributed by atoms with Gasteiger partial charge in [-0.15, -0.1) is 0 Å². The van der Waals surface area contributed by atoms with E-state index < -0.39 is 0 Å². The van der Waals surface area contributed by atoms with Crippen molar-refractivity contribution in [3.63, 3.8) is 0 Å². The molecule has 50 heavy (non-hydrogen) atoms. The summed E-state index contributed by atoms with van der Waals surface area (Å²) in [6, 6.07) is 70.5. The van der Waals surface area contributed by atoms with Crippen molar-refractivity contribution in [3.8, 4) is 16.8 Å². The number of rotatable bonds is 5. The monoisotopic (exact) mass is 636 g/mol. The fraction of sp³-hybridized carbons (Fsp3) is 0. The van der Waals surface area contributed by atoms with Crippen molar-refractivity contribution in [1.82, 2.24) is 4.57 Å². The average Bonchev–Trinajstić information content (AvgIpc) is 3.51. The minimum atomic E-state index is 1.11. The molecule has 0 saturated heterocycles. The van der Waals surface area contributed by atoms with Crippen LogP contribution in [-0.4, -0.2) is 4.57 Å². The normalized spacial score (nSPS) is 11.6. The van der Waals surface area contributed by atoms with Crippen molar-refractivity contribution in [1.29, 1.82) is 0 Å². The highest BCUT2D eigenvalue weighted by Crippen LogP contribution is 2.43. The van der Waals surface area contributed by atoms with Crippen LogP contribution in [0.15, 0.2) is 194 Å². The third kappa shape index (κ3) is 4.57. The Hall–Kier alpha value is -6.64.